The van der Waals surface area contributed by atoms with E-state index in [0.717, 1.165) is 6.42 Å². The monoisotopic (exact) mass is 417 g/mol. The van der Waals surface area contributed by atoms with Crippen LogP contribution in [0, 0.1) is 5.92 Å². The van der Waals surface area contributed by atoms with E-state index in [1.165, 1.54) is 0 Å². The summed E-state index contributed by atoms with van der Waals surface area (Å²) in [6, 6.07) is 0.0885. The lowest BCUT2D eigenvalue weighted by Crippen LogP contribution is -2.33. The molecule has 0 heterocycles. The molecule has 0 aromatic rings. The fourth-order valence-electron chi connectivity index (χ4n) is 2.10. The van der Waals surface area contributed by atoms with Crippen molar-refractivity contribution in [2.45, 2.75) is 53.0 Å². The Morgan fingerprint density at radius 2 is 1.21 bits per heavy atom. The van der Waals surface area contributed by atoms with Crippen molar-refractivity contribution in [2.75, 3.05) is 52.7 Å². The van der Waals surface area contributed by atoms with Crippen LogP contribution in [-0.4, -0.2) is 76.5 Å². The molecule has 170 valence electrons. The van der Waals surface area contributed by atoms with Crippen LogP contribution in [0.4, 0.5) is 0 Å². The standard InChI is InChI=1S/C20H39N3O6/c1-16(2)7-10-27-11-8-21-18(24)5-6-19(25)22-9-12-28-13-14-29-15-20(26)23-17(3)4/h16-17H,5-15H2,1-4H3,(H,21,24)(H,22,25)(H,23,26). The third-order valence-corrected chi connectivity index (χ3v) is 3.61. The van der Waals surface area contributed by atoms with Gasteiger partial charge in [-0.2, -0.15) is 0 Å². The Morgan fingerprint density at radius 3 is 1.72 bits per heavy atom. The molecule has 29 heavy (non-hydrogen) atoms. The van der Waals surface area contributed by atoms with Gasteiger partial charge >= 0.3 is 0 Å². The first kappa shape index (κ1) is 27.3. The van der Waals surface area contributed by atoms with Crippen LogP contribution in [0.25, 0.3) is 0 Å². The van der Waals surface area contributed by atoms with Gasteiger partial charge < -0.3 is 30.2 Å². The number of ether oxygens (including phenoxy) is 3. The van der Waals surface area contributed by atoms with Gasteiger partial charge in [0, 0.05) is 38.6 Å². The van der Waals surface area contributed by atoms with Gasteiger partial charge in [0.1, 0.15) is 6.61 Å². The van der Waals surface area contributed by atoms with Gasteiger partial charge in [-0.15, -0.1) is 0 Å². The van der Waals surface area contributed by atoms with E-state index in [4.69, 9.17) is 14.2 Å². The first-order valence-electron chi connectivity index (χ1n) is 10.4. The van der Waals surface area contributed by atoms with Crippen molar-refractivity contribution in [2.24, 2.45) is 5.92 Å². The number of carbonyl (C=O) groups is 3. The smallest absolute Gasteiger partial charge is 0.246 e. The zero-order valence-corrected chi connectivity index (χ0v) is 18.4. The quantitative estimate of drug-likeness (QED) is 0.282. The van der Waals surface area contributed by atoms with Gasteiger partial charge in [0.05, 0.1) is 26.4 Å². The molecule has 0 atom stereocenters. The molecule has 9 heteroatoms. The van der Waals surface area contributed by atoms with Crippen LogP contribution in [0.3, 0.4) is 0 Å². The Hall–Kier alpha value is -1.71. The van der Waals surface area contributed by atoms with Crippen molar-refractivity contribution in [3.05, 3.63) is 0 Å². The highest BCUT2D eigenvalue weighted by molar-refractivity contribution is 5.83. The lowest BCUT2D eigenvalue weighted by atomic mass is 10.1. The zero-order valence-electron chi connectivity index (χ0n) is 18.4. The van der Waals surface area contributed by atoms with Crippen LogP contribution in [0.5, 0.6) is 0 Å². The SMILES string of the molecule is CC(C)CCOCCNC(=O)CCC(=O)NCCOCCOCC(=O)NC(C)C. The Labute approximate surface area is 174 Å². The highest BCUT2D eigenvalue weighted by atomic mass is 16.5. The third kappa shape index (κ3) is 20.8. The van der Waals surface area contributed by atoms with Crippen LogP contribution in [0.1, 0.15) is 47.0 Å². The summed E-state index contributed by atoms with van der Waals surface area (Å²) in [4.78, 5) is 34.7. The lowest BCUT2D eigenvalue weighted by molar-refractivity contribution is -0.127. The minimum absolute atomic E-state index is 0.00438. The summed E-state index contributed by atoms with van der Waals surface area (Å²) in [6.07, 6.45) is 1.28. The van der Waals surface area contributed by atoms with E-state index < -0.39 is 0 Å². The summed E-state index contributed by atoms with van der Waals surface area (Å²) in [6.45, 7) is 11.0. The van der Waals surface area contributed by atoms with Crippen molar-refractivity contribution < 1.29 is 28.6 Å². The fourth-order valence-corrected chi connectivity index (χ4v) is 2.10. The van der Waals surface area contributed by atoms with Crippen LogP contribution in [0.15, 0.2) is 0 Å². The van der Waals surface area contributed by atoms with E-state index in [1.54, 1.807) is 0 Å². The topological polar surface area (TPSA) is 115 Å². The van der Waals surface area contributed by atoms with E-state index in [2.05, 4.69) is 29.8 Å². The summed E-state index contributed by atoms with van der Waals surface area (Å²) in [5.41, 5.74) is 0. The van der Waals surface area contributed by atoms with E-state index in [1.807, 2.05) is 13.8 Å². The van der Waals surface area contributed by atoms with E-state index in [9.17, 15) is 14.4 Å². The first-order chi connectivity index (χ1) is 13.8. The highest BCUT2D eigenvalue weighted by Gasteiger charge is 2.06. The molecule has 0 fully saturated rings. The molecule has 0 radical (unpaired) electrons. The Morgan fingerprint density at radius 1 is 0.690 bits per heavy atom. The summed E-state index contributed by atoms with van der Waals surface area (Å²) in [5.74, 6) is 0.0839. The molecule has 0 unspecified atom stereocenters. The second-order valence-corrected chi connectivity index (χ2v) is 7.38. The van der Waals surface area contributed by atoms with Crippen molar-refractivity contribution in [1.29, 1.82) is 0 Å². The summed E-state index contributed by atoms with van der Waals surface area (Å²) < 4.78 is 15.9. The fraction of sp³-hybridized carbons (Fsp3) is 0.850. The molecule has 9 nitrogen and oxygen atoms in total. The molecule has 0 rings (SSSR count). The van der Waals surface area contributed by atoms with Crippen LogP contribution in [-0.2, 0) is 28.6 Å². The molecule has 0 aliphatic carbocycles. The molecule has 0 aliphatic rings. The van der Waals surface area contributed by atoms with Crippen LogP contribution >= 0.6 is 0 Å². The van der Waals surface area contributed by atoms with E-state index in [-0.39, 0.29) is 43.2 Å². The molecule has 0 bridgehead atoms. The van der Waals surface area contributed by atoms with Gasteiger partial charge in [0.2, 0.25) is 17.7 Å². The molecule has 0 saturated carbocycles. The number of hydrogen-bond donors (Lipinski definition) is 3. The van der Waals surface area contributed by atoms with Crippen molar-refractivity contribution in [3.63, 3.8) is 0 Å². The van der Waals surface area contributed by atoms with Crippen molar-refractivity contribution in [3.8, 4) is 0 Å². The second kappa shape index (κ2) is 18.3. The minimum Gasteiger partial charge on any atom is -0.380 e. The molecule has 0 saturated heterocycles. The van der Waals surface area contributed by atoms with Gasteiger partial charge in [-0.3, -0.25) is 14.4 Å². The van der Waals surface area contributed by atoms with Crippen LogP contribution in [0.2, 0.25) is 0 Å². The summed E-state index contributed by atoms with van der Waals surface area (Å²) in [5, 5.41) is 8.14. The maximum absolute atomic E-state index is 11.7. The van der Waals surface area contributed by atoms with Gasteiger partial charge in [0.15, 0.2) is 0 Å². The molecule has 0 spiro atoms. The van der Waals surface area contributed by atoms with Crippen molar-refractivity contribution >= 4 is 17.7 Å². The predicted molar refractivity (Wildman–Crippen MR) is 110 cm³/mol. The van der Waals surface area contributed by atoms with Gasteiger partial charge in [-0.1, -0.05) is 13.8 Å². The summed E-state index contributed by atoms with van der Waals surface area (Å²) in [7, 11) is 0. The predicted octanol–water partition coefficient (Wildman–Crippen LogP) is 0.620. The molecule has 0 aromatic heterocycles. The molecular formula is C20H39N3O6. The van der Waals surface area contributed by atoms with Gasteiger partial charge in [0.25, 0.3) is 0 Å². The maximum Gasteiger partial charge on any atom is 0.246 e. The molecule has 3 N–H and O–H groups in total. The lowest BCUT2D eigenvalue weighted by Gasteiger charge is -2.09. The van der Waals surface area contributed by atoms with Crippen LogP contribution < -0.4 is 16.0 Å². The Bertz CT molecular complexity index is 457. The maximum atomic E-state index is 11.7. The van der Waals surface area contributed by atoms with Gasteiger partial charge in [-0.05, 0) is 26.2 Å². The molecule has 0 aliphatic heterocycles. The highest BCUT2D eigenvalue weighted by Crippen LogP contribution is 1.98. The minimum atomic E-state index is -0.196. The number of hydrogen-bond acceptors (Lipinski definition) is 6. The number of carbonyl (C=O) groups excluding carboxylic acids is 3. The number of nitrogens with one attached hydrogen (secondary N) is 3. The number of amides is 3. The Balaban J connectivity index is 3.43. The third-order valence-electron chi connectivity index (χ3n) is 3.61. The van der Waals surface area contributed by atoms with Crippen molar-refractivity contribution in [1.82, 2.24) is 16.0 Å². The zero-order chi connectivity index (χ0) is 21.9. The Kier molecular flexibility index (Phi) is 17.2. The first-order valence-corrected chi connectivity index (χ1v) is 10.4. The molecule has 0 aromatic carbocycles. The van der Waals surface area contributed by atoms with Gasteiger partial charge in [-0.25, -0.2) is 0 Å². The molecular weight excluding hydrogens is 378 g/mol. The number of rotatable bonds is 18. The average molecular weight is 418 g/mol. The largest absolute Gasteiger partial charge is 0.380 e. The van der Waals surface area contributed by atoms with E-state index >= 15 is 0 Å². The molecule has 3 amide bonds. The summed E-state index contributed by atoms with van der Waals surface area (Å²) >= 11 is 0. The second-order valence-electron chi connectivity index (χ2n) is 7.38. The normalized spacial score (nSPS) is 11.0. The average Bonchev–Trinajstić information content (AvgIpc) is 2.64. The van der Waals surface area contributed by atoms with E-state index in [0.29, 0.717) is 52.0 Å².